The number of carboxylic acids is 1. The maximum atomic E-state index is 13.3. The second kappa shape index (κ2) is 7.40. The van der Waals surface area contributed by atoms with E-state index in [-0.39, 0.29) is 24.5 Å². The number of hydrogen-bond acceptors (Lipinski definition) is 4. The quantitative estimate of drug-likeness (QED) is 0.660. The van der Waals surface area contributed by atoms with Gasteiger partial charge in [0.05, 0.1) is 16.9 Å². The van der Waals surface area contributed by atoms with Gasteiger partial charge in [0.1, 0.15) is 18.8 Å². The van der Waals surface area contributed by atoms with Crippen LogP contribution in [0.15, 0.2) is 48.5 Å². The standard InChI is InChI=1S/C24H24N4O4/c1-14(24(31)32)25-20(29)13-28-19-10-6-3-7-15(19)16-11-12-27-22(21(16)28)26(2)18-9-5-4-8-17(18)23(27)30/h3-10,14,22H,11-13H2,1-2H3,(H,25,29)(H,31,32)/t14-,22?/m0/s1. The minimum Gasteiger partial charge on any atom is -0.480 e. The van der Waals surface area contributed by atoms with Crippen molar-refractivity contribution in [3.63, 3.8) is 0 Å². The summed E-state index contributed by atoms with van der Waals surface area (Å²) in [6.07, 6.45) is 0.340. The van der Waals surface area contributed by atoms with Crippen LogP contribution in [0.3, 0.4) is 0 Å². The highest BCUT2D eigenvalue weighted by atomic mass is 16.4. The van der Waals surface area contributed by atoms with Gasteiger partial charge in [-0.15, -0.1) is 0 Å². The number of para-hydroxylation sites is 2. The van der Waals surface area contributed by atoms with E-state index < -0.39 is 12.0 Å². The SMILES string of the molecule is C[C@H](NC(=O)Cn1c2c(c3ccccc31)CCN1C(=O)c3ccccc3N(C)C21)C(=O)O. The maximum absolute atomic E-state index is 13.3. The summed E-state index contributed by atoms with van der Waals surface area (Å²) in [6.45, 7) is 2.00. The van der Waals surface area contributed by atoms with E-state index in [9.17, 15) is 14.4 Å². The van der Waals surface area contributed by atoms with Gasteiger partial charge in [0.25, 0.3) is 5.91 Å². The summed E-state index contributed by atoms with van der Waals surface area (Å²) >= 11 is 0. The van der Waals surface area contributed by atoms with Gasteiger partial charge in [0, 0.05) is 24.5 Å². The molecule has 2 aliphatic heterocycles. The van der Waals surface area contributed by atoms with Crippen LogP contribution in [-0.2, 0) is 22.6 Å². The molecule has 2 amide bonds. The summed E-state index contributed by atoms with van der Waals surface area (Å²) in [6, 6.07) is 14.5. The molecular formula is C24H24N4O4. The third-order valence-electron chi connectivity index (χ3n) is 6.45. The number of rotatable bonds is 4. The molecule has 1 aromatic heterocycles. The molecule has 5 rings (SSSR count). The molecule has 2 N–H and O–H groups in total. The van der Waals surface area contributed by atoms with Crippen molar-refractivity contribution in [2.75, 3.05) is 18.5 Å². The van der Waals surface area contributed by atoms with E-state index in [4.69, 9.17) is 5.11 Å². The van der Waals surface area contributed by atoms with Crippen molar-refractivity contribution in [3.8, 4) is 0 Å². The lowest BCUT2D eigenvalue weighted by Gasteiger charge is -2.46. The van der Waals surface area contributed by atoms with Crippen molar-refractivity contribution >= 4 is 34.4 Å². The number of aromatic nitrogens is 1. The van der Waals surface area contributed by atoms with Crippen LogP contribution in [-0.4, -0.2) is 52.0 Å². The Morgan fingerprint density at radius 3 is 2.66 bits per heavy atom. The fraction of sp³-hybridized carbons (Fsp3) is 0.292. The van der Waals surface area contributed by atoms with Crippen LogP contribution >= 0.6 is 0 Å². The molecule has 1 unspecified atom stereocenters. The van der Waals surface area contributed by atoms with Gasteiger partial charge < -0.3 is 24.8 Å². The molecule has 2 aromatic carbocycles. The molecule has 3 aromatic rings. The summed E-state index contributed by atoms with van der Waals surface area (Å²) in [4.78, 5) is 41.2. The molecule has 8 nitrogen and oxygen atoms in total. The lowest BCUT2D eigenvalue weighted by molar-refractivity contribution is -0.141. The third kappa shape index (κ3) is 2.94. The molecular weight excluding hydrogens is 408 g/mol. The van der Waals surface area contributed by atoms with E-state index in [1.807, 2.05) is 65.0 Å². The zero-order chi connectivity index (χ0) is 22.6. The number of aliphatic carboxylic acids is 1. The first-order valence-electron chi connectivity index (χ1n) is 10.6. The van der Waals surface area contributed by atoms with Crippen molar-refractivity contribution in [2.45, 2.75) is 32.1 Å². The van der Waals surface area contributed by atoms with E-state index in [0.29, 0.717) is 18.5 Å². The Balaban J connectivity index is 1.64. The molecule has 0 bridgehead atoms. The van der Waals surface area contributed by atoms with E-state index in [0.717, 1.165) is 27.8 Å². The lowest BCUT2D eigenvalue weighted by Crippen LogP contribution is -2.51. The first-order valence-corrected chi connectivity index (χ1v) is 10.6. The molecule has 32 heavy (non-hydrogen) atoms. The molecule has 0 fully saturated rings. The predicted molar refractivity (Wildman–Crippen MR) is 120 cm³/mol. The summed E-state index contributed by atoms with van der Waals surface area (Å²) in [7, 11) is 1.96. The van der Waals surface area contributed by atoms with Gasteiger partial charge in [0.15, 0.2) is 0 Å². The Bertz CT molecular complexity index is 1260. The topological polar surface area (TPSA) is 94.9 Å². The Morgan fingerprint density at radius 1 is 1.16 bits per heavy atom. The van der Waals surface area contributed by atoms with Gasteiger partial charge in [0.2, 0.25) is 5.91 Å². The van der Waals surface area contributed by atoms with Crippen molar-refractivity contribution in [3.05, 3.63) is 65.4 Å². The fourth-order valence-electron chi connectivity index (χ4n) is 4.97. The second-order valence-corrected chi connectivity index (χ2v) is 8.34. The summed E-state index contributed by atoms with van der Waals surface area (Å²) in [5, 5.41) is 12.8. The van der Waals surface area contributed by atoms with E-state index in [1.165, 1.54) is 6.92 Å². The molecule has 0 aliphatic carbocycles. The van der Waals surface area contributed by atoms with Crippen LogP contribution in [0.1, 0.15) is 34.7 Å². The van der Waals surface area contributed by atoms with Crippen LogP contribution in [0.5, 0.6) is 0 Å². The zero-order valence-electron chi connectivity index (χ0n) is 17.9. The highest BCUT2D eigenvalue weighted by molar-refractivity contribution is 6.02. The molecule has 2 atom stereocenters. The Kier molecular flexibility index (Phi) is 4.65. The number of benzene rings is 2. The molecule has 0 radical (unpaired) electrons. The maximum Gasteiger partial charge on any atom is 0.325 e. The smallest absolute Gasteiger partial charge is 0.325 e. The van der Waals surface area contributed by atoms with Gasteiger partial charge in [-0.2, -0.15) is 0 Å². The number of carbonyl (C=O) groups is 3. The number of anilines is 1. The average Bonchev–Trinajstić information content (AvgIpc) is 3.10. The molecule has 164 valence electrons. The average molecular weight is 432 g/mol. The van der Waals surface area contributed by atoms with Gasteiger partial charge in [-0.05, 0) is 37.1 Å². The molecule has 0 saturated heterocycles. The van der Waals surface area contributed by atoms with Gasteiger partial charge in [-0.1, -0.05) is 30.3 Å². The summed E-state index contributed by atoms with van der Waals surface area (Å²) in [5.41, 5.74) is 4.45. The highest BCUT2D eigenvalue weighted by Gasteiger charge is 2.42. The first kappa shape index (κ1) is 20.1. The van der Waals surface area contributed by atoms with Gasteiger partial charge in [-0.25, -0.2) is 0 Å². The molecule has 8 heteroatoms. The highest BCUT2D eigenvalue weighted by Crippen LogP contribution is 2.44. The van der Waals surface area contributed by atoms with E-state index >= 15 is 0 Å². The minimum absolute atomic E-state index is 0.0184. The molecule has 3 heterocycles. The Morgan fingerprint density at radius 2 is 1.88 bits per heavy atom. The van der Waals surface area contributed by atoms with Gasteiger partial charge >= 0.3 is 5.97 Å². The number of nitrogens with zero attached hydrogens (tertiary/aromatic N) is 3. The van der Waals surface area contributed by atoms with Crippen molar-refractivity contribution in [2.24, 2.45) is 0 Å². The second-order valence-electron chi connectivity index (χ2n) is 8.34. The molecule has 0 saturated carbocycles. The third-order valence-corrected chi connectivity index (χ3v) is 6.45. The first-order chi connectivity index (χ1) is 15.4. The van der Waals surface area contributed by atoms with Crippen LogP contribution in [0, 0.1) is 0 Å². The fourth-order valence-corrected chi connectivity index (χ4v) is 4.97. The predicted octanol–water partition coefficient (Wildman–Crippen LogP) is 2.38. The monoisotopic (exact) mass is 432 g/mol. The van der Waals surface area contributed by atoms with Crippen molar-refractivity contribution in [1.29, 1.82) is 0 Å². The number of amides is 2. The minimum atomic E-state index is -1.09. The Labute approximate surface area is 185 Å². The zero-order valence-corrected chi connectivity index (χ0v) is 17.9. The number of hydrogen-bond donors (Lipinski definition) is 2. The van der Waals surface area contributed by atoms with Crippen LogP contribution < -0.4 is 10.2 Å². The van der Waals surface area contributed by atoms with Crippen molar-refractivity contribution < 1.29 is 19.5 Å². The van der Waals surface area contributed by atoms with Crippen LogP contribution in [0.25, 0.3) is 10.9 Å². The molecule has 0 spiro atoms. The number of carbonyl (C=O) groups excluding carboxylic acids is 2. The normalized spacial score (nSPS) is 18.1. The van der Waals surface area contributed by atoms with E-state index in [2.05, 4.69) is 10.2 Å². The summed E-state index contributed by atoms with van der Waals surface area (Å²) in [5.74, 6) is -1.49. The van der Waals surface area contributed by atoms with Crippen LogP contribution in [0.4, 0.5) is 5.69 Å². The van der Waals surface area contributed by atoms with Crippen LogP contribution in [0.2, 0.25) is 0 Å². The van der Waals surface area contributed by atoms with E-state index in [1.54, 1.807) is 0 Å². The van der Waals surface area contributed by atoms with Gasteiger partial charge in [-0.3, -0.25) is 14.4 Å². The molecule has 2 aliphatic rings. The number of nitrogens with one attached hydrogen (secondary N) is 1. The number of fused-ring (bicyclic) bond motifs is 6. The summed E-state index contributed by atoms with van der Waals surface area (Å²) < 4.78 is 1.93. The largest absolute Gasteiger partial charge is 0.480 e. The number of carboxylic acid groups (broad SMARTS) is 1. The van der Waals surface area contributed by atoms with Crippen molar-refractivity contribution in [1.82, 2.24) is 14.8 Å². The Hall–Kier alpha value is -3.81. The lowest BCUT2D eigenvalue weighted by atomic mass is 9.96.